The van der Waals surface area contributed by atoms with Gasteiger partial charge in [0.25, 0.3) is 0 Å². The molecule has 0 aromatic heterocycles. The molecular formula is C20H32N2O2. The van der Waals surface area contributed by atoms with Gasteiger partial charge in [-0.1, -0.05) is 24.3 Å². The van der Waals surface area contributed by atoms with Crippen LogP contribution < -0.4 is 0 Å². The van der Waals surface area contributed by atoms with Gasteiger partial charge in [0.15, 0.2) is 0 Å². The van der Waals surface area contributed by atoms with Crippen LogP contribution in [0.4, 0.5) is 0 Å². The highest BCUT2D eigenvalue weighted by atomic mass is 16.5. The van der Waals surface area contributed by atoms with E-state index >= 15 is 0 Å². The summed E-state index contributed by atoms with van der Waals surface area (Å²) in [6.45, 7) is 3.43. The summed E-state index contributed by atoms with van der Waals surface area (Å²) in [5, 5.41) is 10.4. The van der Waals surface area contributed by atoms with E-state index in [1.54, 1.807) is 0 Å². The van der Waals surface area contributed by atoms with Crippen LogP contribution in [0.25, 0.3) is 0 Å². The average molecular weight is 332 g/mol. The summed E-state index contributed by atoms with van der Waals surface area (Å²) in [6.07, 6.45) is 5.51. The average Bonchev–Trinajstić information content (AvgIpc) is 2.60. The second kappa shape index (κ2) is 8.43. The fourth-order valence-corrected chi connectivity index (χ4v) is 4.08. The molecule has 2 unspecified atom stereocenters. The Kier molecular flexibility index (Phi) is 6.28. The van der Waals surface area contributed by atoms with E-state index in [1.807, 2.05) is 0 Å². The van der Waals surface area contributed by atoms with Crippen LogP contribution in [0.5, 0.6) is 0 Å². The van der Waals surface area contributed by atoms with E-state index in [4.69, 9.17) is 4.74 Å². The maximum atomic E-state index is 10.4. The molecule has 2 atom stereocenters. The van der Waals surface area contributed by atoms with Gasteiger partial charge in [0.1, 0.15) is 0 Å². The molecule has 3 rings (SSSR count). The molecule has 1 saturated heterocycles. The fraction of sp³-hybridized carbons (Fsp3) is 0.700. The van der Waals surface area contributed by atoms with E-state index in [2.05, 4.69) is 48.2 Å². The van der Waals surface area contributed by atoms with Crippen LogP contribution in [0, 0.1) is 0 Å². The Morgan fingerprint density at radius 1 is 1.25 bits per heavy atom. The third kappa shape index (κ3) is 4.57. The molecular weight excluding hydrogens is 300 g/mol. The SMILES string of the molecule is CN1CCC(N(C)CC(O)COC2CCCc3ccccc32)CC1. The Labute approximate surface area is 146 Å². The molecule has 1 heterocycles. The molecule has 24 heavy (non-hydrogen) atoms. The van der Waals surface area contributed by atoms with Gasteiger partial charge in [-0.15, -0.1) is 0 Å². The van der Waals surface area contributed by atoms with Crippen molar-refractivity contribution in [3.63, 3.8) is 0 Å². The number of ether oxygens (including phenoxy) is 1. The number of aryl methyl sites for hydroxylation is 1. The second-order valence-electron chi connectivity index (χ2n) is 7.54. The minimum absolute atomic E-state index is 0.151. The highest BCUT2D eigenvalue weighted by molar-refractivity contribution is 5.31. The van der Waals surface area contributed by atoms with Crippen molar-refractivity contribution >= 4 is 0 Å². The summed E-state index contributed by atoms with van der Waals surface area (Å²) in [6, 6.07) is 9.16. The van der Waals surface area contributed by atoms with Crippen LogP contribution in [-0.2, 0) is 11.2 Å². The molecule has 1 N–H and O–H groups in total. The highest BCUT2D eigenvalue weighted by Crippen LogP contribution is 2.32. The lowest BCUT2D eigenvalue weighted by Crippen LogP contribution is -2.45. The molecule has 0 spiro atoms. The Bertz CT molecular complexity index is 514. The number of benzene rings is 1. The summed E-state index contributed by atoms with van der Waals surface area (Å²) in [5.74, 6) is 0. The first kappa shape index (κ1) is 17.9. The topological polar surface area (TPSA) is 35.9 Å². The number of aliphatic hydroxyl groups is 1. The maximum Gasteiger partial charge on any atom is 0.0900 e. The van der Waals surface area contributed by atoms with Gasteiger partial charge in [0, 0.05) is 12.6 Å². The van der Waals surface area contributed by atoms with Crippen LogP contribution >= 0.6 is 0 Å². The van der Waals surface area contributed by atoms with E-state index < -0.39 is 6.10 Å². The standard InChI is InChI=1S/C20H32N2O2/c1-21-12-10-17(11-13-21)22(2)14-18(23)15-24-20-9-5-7-16-6-3-4-8-19(16)20/h3-4,6,8,17-18,20,23H,5,7,9-15H2,1-2H3. The minimum atomic E-state index is -0.413. The summed E-state index contributed by atoms with van der Waals surface area (Å²) in [7, 11) is 4.32. The van der Waals surface area contributed by atoms with Crippen molar-refractivity contribution < 1.29 is 9.84 Å². The zero-order valence-electron chi connectivity index (χ0n) is 15.2. The highest BCUT2D eigenvalue weighted by Gasteiger charge is 2.24. The first-order valence-electron chi connectivity index (χ1n) is 9.39. The first-order valence-corrected chi connectivity index (χ1v) is 9.39. The van der Waals surface area contributed by atoms with Crippen molar-refractivity contribution in [1.82, 2.24) is 9.80 Å². The lowest BCUT2D eigenvalue weighted by atomic mass is 9.89. The summed E-state index contributed by atoms with van der Waals surface area (Å²) < 4.78 is 6.09. The lowest BCUT2D eigenvalue weighted by molar-refractivity contribution is -0.0316. The van der Waals surface area contributed by atoms with Gasteiger partial charge in [-0.3, -0.25) is 0 Å². The van der Waals surface area contributed by atoms with Gasteiger partial charge in [-0.2, -0.15) is 0 Å². The molecule has 0 amide bonds. The molecule has 1 aromatic rings. The first-order chi connectivity index (χ1) is 11.6. The molecule has 4 nitrogen and oxygen atoms in total. The van der Waals surface area contributed by atoms with E-state index in [-0.39, 0.29) is 6.10 Å². The van der Waals surface area contributed by atoms with Crippen LogP contribution in [-0.4, -0.2) is 67.4 Å². The number of fused-ring (bicyclic) bond motifs is 1. The number of hydrogen-bond donors (Lipinski definition) is 1. The van der Waals surface area contributed by atoms with Gasteiger partial charge < -0.3 is 19.6 Å². The van der Waals surface area contributed by atoms with Gasteiger partial charge in [-0.05, 0) is 70.4 Å². The van der Waals surface area contributed by atoms with E-state index in [9.17, 15) is 5.11 Å². The Balaban J connectivity index is 1.45. The van der Waals surface area contributed by atoms with E-state index in [0.717, 1.165) is 25.9 Å². The van der Waals surface area contributed by atoms with Crippen LogP contribution in [0.15, 0.2) is 24.3 Å². The predicted molar refractivity (Wildman–Crippen MR) is 97.2 cm³/mol. The summed E-state index contributed by atoms with van der Waals surface area (Å²) in [4.78, 5) is 4.69. The lowest BCUT2D eigenvalue weighted by Gasteiger charge is -2.36. The molecule has 1 aliphatic carbocycles. The molecule has 2 aliphatic rings. The monoisotopic (exact) mass is 332 g/mol. The van der Waals surface area contributed by atoms with Crippen LogP contribution in [0.3, 0.4) is 0 Å². The Morgan fingerprint density at radius 2 is 2.00 bits per heavy atom. The fourth-order valence-electron chi connectivity index (χ4n) is 4.08. The number of likely N-dealkylation sites (tertiary alicyclic amines) is 1. The van der Waals surface area contributed by atoms with Crippen molar-refractivity contribution in [3.8, 4) is 0 Å². The third-order valence-electron chi connectivity index (χ3n) is 5.61. The number of rotatable bonds is 6. The number of likely N-dealkylation sites (N-methyl/N-ethyl adjacent to an activating group) is 1. The van der Waals surface area contributed by atoms with Crippen LogP contribution in [0.1, 0.15) is 42.9 Å². The normalized spacial score (nSPS) is 24.1. The molecule has 4 heteroatoms. The van der Waals surface area contributed by atoms with Crippen molar-refractivity contribution in [2.45, 2.75) is 50.4 Å². The molecule has 134 valence electrons. The van der Waals surface area contributed by atoms with Crippen molar-refractivity contribution in [1.29, 1.82) is 0 Å². The maximum absolute atomic E-state index is 10.4. The zero-order valence-corrected chi connectivity index (χ0v) is 15.2. The number of nitrogens with zero attached hydrogens (tertiary/aromatic N) is 2. The minimum Gasteiger partial charge on any atom is -0.389 e. The molecule has 0 bridgehead atoms. The molecule has 1 aliphatic heterocycles. The van der Waals surface area contributed by atoms with Crippen LogP contribution in [0.2, 0.25) is 0 Å². The van der Waals surface area contributed by atoms with E-state index in [1.165, 1.54) is 30.4 Å². The van der Waals surface area contributed by atoms with Crippen molar-refractivity contribution in [2.75, 3.05) is 40.3 Å². The van der Waals surface area contributed by atoms with Gasteiger partial charge >= 0.3 is 0 Å². The molecule has 0 saturated carbocycles. The van der Waals surface area contributed by atoms with Gasteiger partial charge in [0.2, 0.25) is 0 Å². The van der Waals surface area contributed by atoms with Gasteiger partial charge in [0.05, 0.1) is 18.8 Å². The van der Waals surface area contributed by atoms with Gasteiger partial charge in [-0.25, -0.2) is 0 Å². The second-order valence-corrected chi connectivity index (χ2v) is 7.54. The quantitative estimate of drug-likeness (QED) is 0.868. The molecule has 1 fully saturated rings. The summed E-state index contributed by atoms with van der Waals surface area (Å²) in [5.41, 5.74) is 2.73. The third-order valence-corrected chi connectivity index (χ3v) is 5.61. The Morgan fingerprint density at radius 3 is 2.79 bits per heavy atom. The zero-order chi connectivity index (χ0) is 16.9. The number of aliphatic hydroxyl groups excluding tert-OH is 1. The largest absolute Gasteiger partial charge is 0.389 e. The summed E-state index contributed by atoms with van der Waals surface area (Å²) >= 11 is 0. The number of hydrogen-bond acceptors (Lipinski definition) is 4. The number of piperidine rings is 1. The Hall–Kier alpha value is -0.940. The molecule has 0 radical (unpaired) electrons. The van der Waals surface area contributed by atoms with Crippen molar-refractivity contribution in [3.05, 3.63) is 35.4 Å². The predicted octanol–water partition coefficient (Wildman–Crippen LogP) is 2.47. The van der Waals surface area contributed by atoms with Crippen molar-refractivity contribution in [2.24, 2.45) is 0 Å². The molecule has 1 aromatic carbocycles. The smallest absolute Gasteiger partial charge is 0.0900 e. The van der Waals surface area contributed by atoms with E-state index in [0.29, 0.717) is 19.2 Å².